The van der Waals surface area contributed by atoms with Gasteiger partial charge in [-0.15, -0.1) is 11.3 Å². The van der Waals surface area contributed by atoms with E-state index in [0.717, 1.165) is 17.1 Å². The van der Waals surface area contributed by atoms with Crippen molar-refractivity contribution in [2.24, 2.45) is 0 Å². The molecule has 0 unspecified atom stereocenters. The molecule has 46 heavy (non-hydrogen) atoms. The van der Waals surface area contributed by atoms with E-state index < -0.39 is 0 Å². The van der Waals surface area contributed by atoms with Gasteiger partial charge in [0.25, 0.3) is 0 Å². The van der Waals surface area contributed by atoms with Crippen molar-refractivity contribution in [2.75, 3.05) is 4.90 Å². The van der Waals surface area contributed by atoms with E-state index in [0.29, 0.717) is 0 Å². The fraction of sp³-hybridized carbons (Fsp3) is 0. The highest BCUT2D eigenvalue weighted by atomic mass is 32.1. The lowest BCUT2D eigenvalue weighted by Gasteiger charge is -2.29. The van der Waals surface area contributed by atoms with Crippen molar-refractivity contribution in [1.82, 2.24) is 0 Å². The van der Waals surface area contributed by atoms with Crippen LogP contribution >= 0.6 is 11.3 Å². The minimum Gasteiger partial charge on any atom is -0.309 e. The van der Waals surface area contributed by atoms with Crippen LogP contribution in [0.15, 0.2) is 176 Å². The summed E-state index contributed by atoms with van der Waals surface area (Å²) in [5.74, 6) is 0. The number of rotatable bonds is 5. The van der Waals surface area contributed by atoms with Gasteiger partial charge in [-0.25, -0.2) is 0 Å². The molecule has 0 N–H and O–H groups in total. The van der Waals surface area contributed by atoms with Gasteiger partial charge in [-0.2, -0.15) is 0 Å². The van der Waals surface area contributed by atoms with Crippen LogP contribution in [0.1, 0.15) is 0 Å². The maximum absolute atomic E-state index is 2.45. The van der Waals surface area contributed by atoms with Crippen LogP contribution in [-0.2, 0) is 0 Å². The molecule has 9 aromatic rings. The van der Waals surface area contributed by atoms with Gasteiger partial charge in [0, 0.05) is 36.8 Å². The van der Waals surface area contributed by atoms with E-state index in [1.165, 1.54) is 64.0 Å². The molecule has 0 atom stereocenters. The maximum Gasteiger partial charge on any atom is 0.0540 e. The van der Waals surface area contributed by atoms with E-state index >= 15 is 0 Å². The second-order valence-electron chi connectivity index (χ2n) is 11.7. The lowest BCUT2D eigenvalue weighted by molar-refractivity contribution is 1.30. The van der Waals surface area contributed by atoms with Crippen LogP contribution in [0.5, 0.6) is 0 Å². The zero-order chi connectivity index (χ0) is 30.5. The minimum atomic E-state index is 1.12. The van der Waals surface area contributed by atoms with Crippen molar-refractivity contribution >= 4 is 70.1 Å². The molecule has 0 saturated carbocycles. The van der Waals surface area contributed by atoms with Gasteiger partial charge < -0.3 is 4.90 Å². The summed E-state index contributed by atoms with van der Waals surface area (Å²) in [7, 11) is 0. The fourth-order valence-corrected chi connectivity index (χ4v) is 7.99. The van der Waals surface area contributed by atoms with Crippen molar-refractivity contribution < 1.29 is 0 Å². The quantitative estimate of drug-likeness (QED) is 0.189. The summed E-state index contributed by atoms with van der Waals surface area (Å²) in [5.41, 5.74) is 8.26. The van der Waals surface area contributed by atoms with E-state index in [-0.39, 0.29) is 0 Å². The Balaban J connectivity index is 1.29. The Kier molecular flexibility index (Phi) is 6.40. The highest BCUT2D eigenvalue weighted by Crippen LogP contribution is 2.45. The van der Waals surface area contributed by atoms with Crippen LogP contribution in [0.25, 0.3) is 64.0 Å². The highest BCUT2D eigenvalue weighted by molar-refractivity contribution is 7.25. The molecule has 0 radical (unpaired) electrons. The number of benzene rings is 8. The Morgan fingerprint density at radius 2 is 0.935 bits per heavy atom. The summed E-state index contributed by atoms with van der Waals surface area (Å²) in [6, 6.07) is 64.1. The lowest BCUT2D eigenvalue weighted by atomic mass is 9.96. The molecule has 8 aromatic carbocycles. The van der Waals surface area contributed by atoms with Crippen molar-refractivity contribution in [3.8, 4) is 22.3 Å². The summed E-state index contributed by atoms with van der Waals surface area (Å²) in [6.07, 6.45) is 0. The van der Waals surface area contributed by atoms with Gasteiger partial charge in [0.2, 0.25) is 0 Å². The second-order valence-corrected chi connectivity index (χ2v) is 12.8. The third-order valence-electron chi connectivity index (χ3n) is 9.05. The topological polar surface area (TPSA) is 3.24 Å². The van der Waals surface area contributed by atoms with E-state index in [9.17, 15) is 0 Å². The summed E-state index contributed by atoms with van der Waals surface area (Å²) < 4.78 is 2.64. The summed E-state index contributed by atoms with van der Waals surface area (Å²) in [6.45, 7) is 0. The Labute approximate surface area is 272 Å². The van der Waals surface area contributed by atoms with Gasteiger partial charge in [-0.1, -0.05) is 133 Å². The normalized spacial score (nSPS) is 11.5. The summed E-state index contributed by atoms with van der Waals surface area (Å²) in [5, 5.41) is 7.57. The zero-order valence-corrected chi connectivity index (χ0v) is 25.9. The average Bonchev–Trinajstić information content (AvgIpc) is 3.50. The first-order valence-electron chi connectivity index (χ1n) is 15.7. The molecule has 216 valence electrons. The first kappa shape index (κ1) is 26.7. The molecular weight excluding hydrogens is 575 g/mol. The second kappa shape index (κ2) is 11.0. The maximum atomic E-state index is 2.45. The molecule has 0 saturated heterocycles. The number of hydrogen-bond acceptors (Lipinski definition) is 2. The SMILES string of the molecule is c1cc(-c2cccc3ccccc23)cc(N(c2ccccc2-c2ccc3sc4ccccc4c3c2)c2cccc3ccccc23)c1. The standard InChI is InChI=1S/C44H29NS/c1-3-18-35-30(12-1)14-10-22-36(35)32-16-9-17-34(28-32)45(42-24-11-15-31-13-2-4-19-37(31)42)41-23-7-5-20-38(41)33-26-27-44-40(29-33)39-21-6-8-25-43(39)46-44/h1-29H. The molecule has 0 fully saturated rings. The molecular formula is C44H29NS. The number of anilines is 3. The average molecular weight is 604 g/mol. The van der Waals surface area contributed by atoms with Gasteiger partial charge in [-0.05, 0) is 75.3 Å². The fourth-order valence-electron chi connectivity index (χ4n) is 6.91. The highest BCUT2D eigenvalue weighted by Gasteiger charge is 2.20. The van der Waals surface area contributed by atoms with Crippen LogP contribution < -0.4 is 4.90 Å². The Hall–Kier alpha value is -5.70. The summed E-state index contributed by atoms with van der Waals surface area (Å²) >= 11 is 1.86. The molecule has 9 rings (SSSR count). The van der Waals surface area contributed by atoms with Crippen molar-refractivity contribution in [3.05, 3.63) is 176 Å². The van der Waals surface area contributed by atoms with E-state index in [1.54, 1.807) is 0 Å². The van der Waals surface area contributed by atoms with E-state index in [4.69, 9.17) is 0 Å². The van der Waals surface area contributed by atoms with E-state index in [2.05, 4.69) is 181 Å². The van der Waals surface area contributed by atoms with Crippen LogP contribution in [0.4, 0.5) is 17.1 Å². The first-order valence-corrected chi connectivity index (χ1v) is 16.5. The molecule has 0 aliphatic rings. The van der Waals surface area contributed by atoms with Crippen molar-refractivity contribution in [3.63, 3.8) is 0 Å². The van der Waals surface area contributed by atoms with Crippen molar-refractivity contribution in [1.29, 1.82) is 0 Å². The number of nitrogens with zero attached hydrogens (tertiary/aromatic N) is 1. The summed E-state index contributed by atoms with van der Waals surface area (Å²) in [4.78, 5) is 2.45. The first-order chi connectivity index (χ1) is 22.8. The Bertz CT molecular complexity index is 2550. The zero-order valence-electron chi connectivity index (χ0n) is 25.1. The number of thiophene rings is 1. The van der Waals surface area contributed by atoms with Crippen LogP contribution in [0, 0.1) is 0 Å². The monoisotopic (exact) mass is 603 g/mol. The minimum absolute atomic E-state index is 1.12. The largest absolute Gasteiger partial charge is 0.309 e. The van der Waals surface area contributed by atoms with E-state index in [1.807, 2.05) is 11.3 Å². The lowest BCUT2D eigenvalue weighted by Crippen LogP contribution is -2.12. The predicted octanol–water partition coefficient (Wildman–Crippen LogP) is 13.2. The van der Waals surface area contributed by atoms with Crippen LogP contribution in [-0.4, -0.2) is 0 Å². The molecule has 0 aliphatic carbocycles. The molecule has 0 aliphatic heterocycles. The van der Waals surface area contributed by atoms with Crippen LogP contribution in [0.3, 0.4) is 0 Å². The Morgan fingerprint density at radius 3 is 1.83 bits per heavy atom. The van der Waals surface area contributed by atoms with Gasteiger partial charge in [0.15, 0.2) is 0 Å². The smallest absolute Gasteiger partial charge is 0.0540 e. The molecule has 0 spiro atoms. The number of hydrogen-bond donors (Lipinski definition) is 0. The van der Waals surface area contributed by atoms with Gasteiger partial charge in [0.1, 0.15) is 0 Å². The van der Waals surface area contributed by atoms with Crippen LogP contribution in [0.2, 0.25) is 0 Å². The van der Waals surface area contributed by atoms with Gasteiger partial charge in [-0.3, -0.25) is 0 Å². The number of fused-ring (bicyclic) bond motifs is 5. The third-order valence-corrected chi connectivity index (χ3v) is 10.2. The van der Waals surface area contributed by atoms with Gasteiger partial charge in [0.05, 0.1) is 11.4 Å². The molecule has 0 amide bonds. The Morgan fingerprint density at radius 1 is 0.348 bits per heavy atom. The van der Waals surface area contributed by atoms with Gasteiger partial charge >= 0.3 is 0 Å². The molecule has 1 aromatic heterocycles. The number of para-hydroxylation sites is 1. The molecule has 1 nitrogen and oxygen atoms in total. The third kappa shape index (κ3) is 4.46. The molecule has 2 heteroatoms. The molecule has 1 heterocycles. The van der Waals surface area contributed by atoms with Crippen molar-refractivity contribution in [2.45, 2.75) is 0 Å². The predicted molar refractivity (Wildman–Crippen MR) is 200 cm³/mol. The molecule has 0 bridgehead atoms.